The van der Waals surface area contributed by atoms with E-state index in [0.29, 0.717) is 18.2 Å². The molecule has 7 heteroatoms. The van der Waals surface area contributed by atoms with Crippen LogP contribution in [0.1, 0.15) is 18.4 Å². The molecular weight excluding hydrogens is 324 g/mol. The molecule has 1 atom stereocenters. The molecule has 126 valence electrons. The number of carbonyl (C=O) groups excluding carboxylic acids is 1. The van der Waals surface area contributed by atoms with Crippen LogP contribution in [0.3, 0.4) is 0 Å². The summed E-state index contributed by atoms with van der Waals surface area (Å²) in [5, 5.41) is 13.3. The van der Waals surface area contributed by atoms with Crippen molar-refractivity contribution in [1.29, 1.82) is 0 Å². The van der Waals surface area contributed by atoms with Crippen molar-refractivity contribution in [2.75, 3.05) is 18.4 Å². The monoisotopic (exact) mass is 344 g/mol. The van der Waals surface area contributed by atoms with E-state index in [9.17, 15) is 9.90 Å². The van der Waals surface area contributed by atoms with Gasteiger partial charge in [0.15, 0.2) is 5.16 Å². The van der Waals surface area contributed by atoms with E-state index in [1.165, 1.54) is 11.8 Å². The fourth-order valence-electron chi connectivity index (χ4n) is 2.62. The van der Waals surface area contributed by atoms with Gasteiger partial charge in [-0.25, -0.2) is 14.8 Å². The lowest BCUT2D eigenvalue weighted by atomic mass is 10.1. The molecule has 0 saturated carbocycles. The van der Waals surface area contributed by atoms with Crippen molar-refractivity contribution < 1.29 is 9.90 Å². The smallest absolute Gasteiger partial charge is 0.321 e. The van der Waals surface area contributed by atoms with Gasteiger partial charge >= 0.3 is 6.03 Å². The van der Waals surface area contributed by atoms with Crippen molar-refractivity contribution in [3.63, 3.8) is 0 Å². The zero-order chi connectivity index (χ0) is 16.9. The highest BCUT2D eigenvalue weighted by molar-refractivity contribution is 7.99. The number of hydrogen-bond donors (Lipinski definition) is 2. The first-order chi connectivity index (χ1) is 11.6. The number of nitrogens with one attached hydrogen (secondary N) is 1. The molecule has 2 heterocycles. The van der Waals surface area contributed by atoms with Crippen LogP contribution in [0.15, 0.2) is 46.7 Å². The van der Waals surface area contributed by atoms with Crippen LogP contribution in [0.25, 0.3) is 0 Å². The number of rotatable bonds is 3. The lowest BCUT2D eigenvalue weighted by Gasteiger charge is -2.30. The number of aromatic nitrogens is 2. The Morgan fingerprint density at radius 3 is 2.88 bits per heavy atom. The SMILES string of the molecule is Cc1cc(Sc2ncccn2)ccc1NC(=O)N1CCC[C@H](O)C1. The van der Waals surface area contributed by atoms with Gasteiger partial charge in [-0.15, -0.1) is 0 Å². The maximum atomic E-state index is 12.3. The number of aryl methyl sites for hydroxylation is 1. The van der Waals surface area contributed by atoms with Crippen LogP contribution in [-0.2, 0) is 0 Å². The summed E-state index contributed by atoms with van der Waals surface area (Å²) < 4.78 is 0. The van der Waals surface area contributed by atoms with Gasteiger partial charge in [0.05, 0.1) is 6.10 Å². The highest BCUT2D eigenvalue weighted by Crippen LogP contribution is 2.28. The molecule has 0 radical (unpaired) electrons. The van der Waals surface area contributed by atoms with Gasteiger partial charge in [0.25, 0.3) is 0 Å². The summed E-state index contributed by atoms with van der Waals surface area (Å²) in [4.78, 5) is 23.4. The van der Waals surface area contributed by atoms with Gasteiger partial charge in [-0.2, -0.15) is 0 Å². The van der Waals surface area contributed by atoms with E-state index in [0.717, 1.165) is 29.0 Å². The first-order valence-electron chi connectivity index (χ1n) is 7.91. The van der Waals surface area contributed by atoms with Crippen LogP contribution < -0.4 is 5.32 Å². The second-order valence-corrected chi connectivity index (χ2v) is 6.82. The van der Waals surface area contributed by atoms with Gasteiger partial charge in [-0.1, -0.05) is 0 Å². The highest BCUT2D eigenvalue weighted by atomic mass is 32.2. The van der Waals surface area contributed by atoms with Crippen LogP contribution in [0.4, 0.5) is 10.5 Å². The Bertz CT molecular complexity index is 711. The quantitative estimate of drug-likeness (QED) is 0.837. The van der Waals surface area contributed by atoms with E-state index in [1.807, 2.05) is 25.1 Å². The summed E-state index contributed by atoms with van der Waals surface area (Å²) in [6.45, 7) is 3.03. The molecule has 24 heavy (non-hydrogen) atoms. The second-order valence-electron chi connectivity index (χ2n) is 5.78. The summed E-state index contributed by atoms with van der Waals surface area (Å²) in [6.07, 6.45) is 4.60. The zero-order valence-corrected chi connectivity index (χ0v) is 14.3. The number of nitrogens with zero attached hydrogens (tertiary/aromatic N) is 3. The molecule has 6 nitrogen and oxygen atoms in total. The number of hydrogen-bond acceptors (Lipinski definition) is 5. The number of carbonyl (C=O) groups is 1. The van der Waals surface area contributed by atoms with Crippen LogP contribution >= 0.6 is 11.8 Å². The largest absolute Gasteiger partial charge is 0.391 e. The molecule has 2 amide bonds. The summed E-state index contributed by atoms with van der Waals surface area (Å²) in [5.74, 6) is 0. The van der Waals surface area contributed by atoms with Crippen molar-refractivity contribution >= 4 is 23.5 Å². The van der Waals surface area contributed by atoms with E-state index in [1.54, 1.807) is 23.4 Å². The third-order valence-corrected chi connectivity index (χ3v) is 4.76. The average Bonchev–Trinajstić information content (AvgIpc) is 2.58. The molecule has 3 rings (SSSR count). The number of aliphatic hydroxyl groups excluding tert-OH is 1. The van der Waals surface area contributed by atoms with E-state index in [-0.39, 0.29) is 6.03 Å². The zero-order valence-electron chi connectivity index (χ0n) is 13.5. The van der Waals surface area contributed by atoms with Crippen LogP contribution in [-0.4, -0.2) is 45.2 Å². The van der Waals surface area contributed by atoms with Crippen LogP contribution in [0, 0.1) is 6.92 Å². The van der Waals surface area contributed by atoms with Crippen molar-refractivity contribution in [3.05, 3.63) is 42.2 Å². The highest BCUT2D eigenvalue weighted by Gasteiger charge is 2.22. The van der Waals surface area contributed by atoms with E-state index in [4.69, 9.17) is 0 Å². The molecule has 0 spiro atoms. The van der Waals surface area contributed by atoms with Crippen LogP contribution in [0.2, 0.25) is 0 Å². The third kappa shape index (κ3) is 4.24. The van der Waals surface area contributed by atoms with Crippen molar-refractivity contribution in [2.45, 2.75) is 35.9 Å². The summed E-state index contributed by atoms with van der Waals surface area (Å²) in [6, 6.07) is 7.45. The third-order valence-electron chi connectivity index (χ3n) is 3.87. The van der Waals surface area contributed by atoms with Gasteiger partial charge < -0.3 is 15.3 Å². The Morgan fingerprint density at radius 1 is 1.38 bits per heavy atom. The van der Waals surface area contributed by atoms with Crippen molar-refractivity contribution in [1.82, 2.24) is 14.9 Å². The molecule has 2 N–H and O–H groups in total. The molecule has 2 aromatic rings. The molecule has 0 bridgehead atoms. The molecule has 1 saturated heterocycles. The topological polar surface area (TPSA) is 78.4 Å². The lowest BCUT2D eigenvalue weighted by molar-refractivity contribution is 0.0883. The maximum absolute atomic E-state index is 12.3. The molecule has 1 aliphatic rings. The number of urea groups is 1. The number of aliphatic hydroxyl groups is 1. The van der Waals surface area contributed by atoms with Gasteiger partial charge in [-0.3, -0.25) is 0 Å². The number of piperidine rings is 1. The Labute approximate surface area is 145 Å². The Hall–Kier alpha value is -2.12. The number of likely N-dealkylation sites (tertiary alicyclic amines) is 1. The first kappa shape index (κ1) is 16.7. The van der Waals surface area contributed by atoms with Gasteiger partial charge in [0.1, 0.15) is 0 Å². The summed E-state index contributed by atoms with van der Waals surface area (Å²) in [5.41, 5.74) is 1.75. The summed E-state index contributed by atoms with van der Waals surface area (Å²) in [7, 11) is 0. The molecular formula is C17H20N4O2S. The summed E-state index contributed by atoms with van der Waals surface area (Å²) >= 11 is 1.48. The molecule has 1 aromatic carbocycles. The molecule has 1 aromatic heterocycles. The molecule has 0 aliphatic carbocycles. The lowest BCUT2D eigenvalue weighted by Crippen LogP contribution is -2.44. The first-order valence-corrected chi connectivity index (χ1v) is 8.73. The second kappa shape index (κ2) is 7.63. The number of amides is 2. The number of benzene rings is 1. The standard InChI is InChI=1S/C17H20N4O2S/c1-12-10-14(24-16-18-7-3-8-19-16)5-6-15(12)20-17(23)21-9-2-4-13(22)11-21/h3,5-8,10,13,22H,2,4,9,11H2,1H3,(H,20,23)/t13-/m0/s1. The average molecular weight is 344 g/mol. The van der Waals surface area contributed by atoms with E-state index in [2.05, 4.69) is 15.3 Å². The Kier molecular flexibility index (Phi) is 5.32. The predicted molar refractivity (Wildman–Crippen MR) is 93.2 cm³/mol. The van der Waals surface area contributed by atoms with Crippen molar-refractivity contribution in [3.8, 4) is 0 Å². The number of β-amino-alcohol motifs (C(OH)–C–C–N with tert-alkyl or cyclic N) is 1. The normalized spacial score (nSPS) is 17.6. The van der Waals surface area contributed by atoms with Crippen LogP contribution in [0.5, 0.6) is 0 Å². The van der Waals surface area contributed by atoms with Gasteiger partial charge in [-0.05, 0) is 61.4 Å². The maximum Gasteiger partial charge on any atom is 0.321 e. The number of anilines is 1. The minimum absolute atomic E-state index is 0.163. The predicted octanol–water partition coefficient (Wildman–Crippen LogP) is 2.92. The molecule has 1 aliphatic heterocycles. The molecule has 1 fully saturated rings. The Morgan fingerprint density at radius 2 is 2.17 bits per heavy atom. The van der Waals surface area contributed by atoms with E-state index >= 15 is 0 Å². The fraction of sp³-hybridized carbons (Fsp3) is 0.353. The van der Waals surface area contributed by atoms with Crippen molar-refractivity contribution in [2.24, 2.45) is 0 Å². The minimum Gasteiger partial charge on any atom is -0.391 e. The Balaban J connectivity index is 1.65. The van der Waals surface area contributed by atoms with E-state index < -0.39 is 6.10 Å². The molecule has 0 unspecified atom stereocenters. The van der Waals surface area contributed by atoms with Gasteiger partial charge in [0.2, 0.25) is 0 Å². The fourth-order valence-corrected chi connectivity index (χ4v) is 3.43. The minimum atomic E-state index is -0.421. The van der Waals surface area contributed by atoms with Gasteiger partial charge in [0, 0.05) is 36.1 Å².